The Hall–Kier alpha value is -0.0800. The maximum absolute atomic E-state index is 5.07. The zero-order chi connectivity index (χ0) is 11.5. The van der Waals surface area contributed by atoms with E-state index in [2.05, 4.69) is 26.1 Å². The van der Waals surface area contributed by atoms with Gasteiger partial charge in [-0.25, -0.2) is 0 Å². The van der Waals surface area contributed by atoms with Gasteiger partial charge in [0.05, 0.1) is 0 Å². The molecule has 1 N–H and O–H groups in total. The summed E-state index contributed by atoms with van der Waals surface area (Å²) in [6.07, 6.45) is 7.86. The molecule has 0 rings (SSSR count). The van der Waals surface area contributed by atoms with Crippen molar-refractivity contribution >= 4 is 0 Å². The molecular formula is C13H29NO. The molecule has 0 spiro atoms. The van der Waals surface area contributed by atoms with Crippen LogP contribution < -0.4 is 5.32 Å². The molecule has 0 saturated heterocycles. The second-order valence-corrected chi connectivity index (χ2v) is 4.60. The van der Waals surface area contributed by atoms with Crippen molar-refractivity contribution in [2.24, 2.45) is 0 Å². The van der Waals surface area contributed by atoms with Gasteiger partial charge >= 0.3 is 0 Å². The Balaban J connectivity index is 3.33. The van der Waals surface area contributed by atoms with Gasteiger partial charge in [-0.05, 0) is 26.7 Å². The van der Waals surface area contributed by atoms with Gasteiger partial charge in [0, 0.05) is 25.8 Å². The van der Waals surface area contributed by atoms with E-state index in [0.29, 0.717) is 12.1 Å². The minimum absolute atomic E-state index is 0.575. The Morgan fingerprint density at radius 1 is 1.00 bits per heavy atom. The van der Waals surface area contributed by atoms with Crippen molar-refractivity contribution in [1.29, 1.82) is 0 Å². The molecule has 0 radical (unpaired) electrons. The van der Waals surface area contributed by atoms with E-state index in [9.17, 15) is 0 Å². The molecule has 0 aromatic rings. The van der Waals surface area contributed by atoms with E-state index < -0.39 is 0 Å². The lowest BCUT2D eigenvalue weighted by Crippen LogP contribution is -2.35. The predicted octanol–water partition coefficient (Wildman–Crippen LogP) is 3.36. The fourth-order valence-electron chi connectivity index (χ4n) is 1.82. The Morgan fingerprint density at radius 2 is 1.67 bits per heavy atom. The molecule has 15 heavy (non-hydrogen) atoms. The van der Waals surface area contributed by atoms with Crippen LogP contribution in [0, 0.1) is 0 Å². The first-order valence-electron chi connectivity index (χ1n) is 6.45. The lowest BCUT2D eigenvalue weighted by molar-refractivity contribution is 0.182. The third-order valence-electron chi connectivity index (χ3n) is 2.81. The number of hydrogen-bond donors (Lipinski definition) is 1. The summed E-state index contributed by atoms with van der Waals surface area (Å²) in [5, 5.41) is 3.61. The maximum atomic E-state index is 5.07. The molecule has 0 aromatic heterocycles. The van der Waals surface area contributed by atoms with Crippen LogP contribution in [0.5, 0.6) is 0 Å². The summed E-state index contributed by atoms with van der Waals surface area (Å²) < 4.78 is 5.07. The average molecular weight is 215 g/mol. The van der Waals surface area contributed by atoms with Gasteiger partial charge in [0.2, 0.25) is 0 Å². The normalized spacial score (nSPS) is 15.2. The molecule has 0 amide bonds. The van der Waals surface area contributed by atoms with Gasteiger partial charge in [-0.2, -0.15) is 0 Å². The molecule has 0 aliphatic carbocycles. The van der Waals surface area contributed by atoms with Crippen molar-refractivity contribution < 1.29 is 4.74 Å². The van der Waals surface area contributed by atoms with Crippen LogP contribution in [-0.4, -0.2) is 25.8 Å². The summed E-state index contributed by atoms with van der Waals surface area (Å²) in [6, 6.07) is 1.22. The van der Waals surface area contributed by atoms with E-state index >= 15 is 0 Å². The van der Waals surface area contributed by atoms with Gasteiger partial charge in [-0.1, -0.05) is 32.6 Å². The Labute approximate surface area is 95.8 Å². The van der Waals surface area contributed by atoms with Crippen molar-refractivity contribution in [2.75, 3.05) is 13.7 Å². The van der Waals surface area contributed by atoms with Crippen molar-refractivity contribution in [3.8, 4) is 0 Å². The molecule has 0 bridgehead atoms. The second-order valence-electron chi connectivity index (χ2n) is 4.60. The van der Waals surface area contributed by atoms with Crippen LogP contribution in [0.4, 0.5) is 0 Å². The largest absolute Gasteiger partial charge is 0.385 e. The minimum Gasteiger partial charge on any atom is -0.385 e. The molecule has 2 nitrogen and oxygen atoms in total. The van der Waals surface area contributed by atoms with E-state index in [-0.39, 0.29) is 0 Å². The van der Waals surface area contributed by atoms with E-state index in [1.54, 1.807) is 7.11 Å². The summed E-state index contributed by atoms with van der Waals surface area (Å²) in [6.45, 7) is 7.64. The summed E-state index contributed by atoms with van der Waals surface area (Å²) in [5.41, 5.74) is 0. The van der Waals surface area contributed by atoms with Gasteiger partial charge in [0.1, 0.15) is 0 Å². The highest BCUT2D eigenvalue weighted by atomic mass is 16.5. The fraction of sp³-hybridized carbons (Fsp3) is 1.00. The third-order valence-corrected chi connectivity index (χ3v) is 2.81. The van der Waals surface area contributed by atoms with Gasteiger partial charge < -0.3 is 10.1 Å². The monoisotopic (exact) mass is 215 g/mol. The van der Waals surface area contributed by atoms with E-state index in [4.69, 9.17) is 4.74 Å². The van der Waals surface area contributed by atoms with Gasteiger partial charge in [0.25, 0.3) is 0 Å². The van der Waals surface area contributed by atoms with Gasteiger partial charge in [-0.3, -0.25) is 0 Å². The molecule has 2 heteroatoms. The van der Waals surface area contributed by atoms with Crippen LogP contribution in [0.1, 0.15) is 59.3 Å². The molecule has 0 heterocycles. The smallest absolute Gasteiger partial charge is 0.0476 e. The van der Waals surface area contributed by atoms with Crippen molar-refractivity contribution in [3.05, 3.63) is 0 Å². The molecule has 2 atom stereocenters. The van der Waals surface area contributed by atoms with Crippen molar-refractivity contribution in [1.82, 2.24) is 5.32 Å². The summed E-state index contributed by atoms with van der Waals surface area (Å²) >= 11 is 0. The SMILES string of the molecule is CCCCCCC(C)NC(C)CCOC. The maximum Gasteiger partial charge on any atom is 0.0476 e. The summed E-state index contributed by atoms with van der Waals surface area (Å²) in [7, 11) is 1.76. The zero-order valence-corrected chi connectivity index (χ0v) is 11.0. The average Bonchev–Trinajstić information content (AvgIpc) is 2.21. The predicted molar refractivity (Wildman–Crippen MR) is 67.3 cm³/mol. The van der Waals surface area contributed by atoms with Gasteiger partial charge in [0.15, 0.2) is 0 Å². The highest BCUT2D eigenvalue weighted by Gasteiger charge is 2.06. The molecular weight excluding hydrogens is 186 g/mol. The van der Waals surface area contributed by atoms with Crippen molar-refractivity contribution in [3.63, 3.8) is 0 Å². The molecule has 0 aliphatic rings. The van der Waals surface area contributed by atoms with Crippen LogP contribution >= 0.6 is 0 Å². The first-order valence-corrected chi connectivity index (χ1v) is 6.45. The van der Waals surface area contributed by atoms with Crippen LogP contribution in [0.25, 0.3) is 0 Å². The molecule has 0 aromatic carbocycles. The van der Waals surface area contributed by atoms with E-state index in [1.807, 2.05) is 0 Å². The summed E-state index contributed by atoms with van der Waals surface area (Å²) in [4.78, 5) is 0. The topological polar surface area (TPSA) is 21.3 Å². The quantitative estimate of drug-likeness (QED) is 0.564. The Morgan fingerprint density at radius 3 is 2.27 bits per heavy atom. The Kier molecular flexibility index (Phi) is 10.4. The lowest BCUT2D eigenvalue weighted by Gasteiger charge is -2.19. The highest BCUT2D eigenvalue weighted by Crippen LogP contribution is 2.06. The zero-order valence-electron chi connectivity index (χ0n) is 11.0. The number of hydrogen-bond acceptors (Lipinski definition) is 2. The lowest BCUT2D eigenvalue weighted by atomic mass is 10.1. The van der Waals surface area contributed by atoms with Crippen molar-refractivity contribution in [2.45, 2.75) is 71.4 Å². The van der Waals surface area contributed by atoms with Gasteiger partial charge in [-0.15, -0.1) is 0 Å². The second kappa shape index (κ2) is 10.4. The first-order chi connectivity index (χ1) is 7.20. The molecule has 0 fully saturated rings. The standard InChI is InChI=1S/C13H29NO/c1-5-6-7-8-9-12(2)14-13(3)10-11-15-4/h12-14H,5-11H2,1-4H3. The Bertz CT molecular complexity index is 128. The molecule has 2 unspecified atom stereocenters. The number of methoxy groups -OCH3 is 1. The first kappa shape index (κ1) is 14.9. The van der Waals surface area contributed by atoms with Crippen LogP contribution in [0.15, 0.2) is 0 Å². The minimum atomic E-state index is 0.575. The fourth-order valence-corrected chi connectivity index (χ4v) is 1.82. The highest BCUT2D eigenvalue weighted by molar-refractivity contribution is 4.67. The molecule has 0 aliphatic heterocycles. The summed E-state index contributed by atoms with van der Waals surface area (Å²) in [5.74, 6) is 0. The molecule has 0 saturated carbocycles. The third kappa shape index (κ3) is 10.2. The number of rotatable bonds is 10. The van der Waals surface area contributed by atoms with Crippen LogP contribution in [-0.2, 0) is 4.74 Å². The number of ether oxygens (including phenoxy) is 1. The van der Waals surface area contributed by atoms with Crippen LogP contribution in [0.2, 0.25) is 0 Å². The number of unbranched alkanes of at least 4 members (excludes halogenated alkanes) is 3. The number of nitrogens with one attached hydrogen (secondary N) is 1. The van der Waals surface area contributed by atoms with Crippen LogP contribution in [0.3, 0.4) is 0 Å². The molecule has 92 valence electrons. The van der Waals surface area contributed by atoms with E-state index in [0.717, 1.165) is 13.0 Å². The van der Waals surface area contributed by atoms with E-state index in [1.165, 1.54) is 32.1 Å².